The van der Waals surface area contributed by atoms with E-state index in [1.807, 2.05) is 0 Å². The zero-order chi connectivity index (χ0) is 13.5. The lowest BCUT2D eigenvalue weighted by molar-refractivity contribution is 0.605. The molecule has 0 saturated carbocycles. The number of hydrogen-bond donors (Lipinski definition) is 0. The molecule has 0 aromatic carbocycles. The minimum Gasteiger partial charge on any atom is -0.343 e. The number of terminal acetylenes is 1. The Bertz CT molecular complexity index is 443. The molecule has 0 fully saturated rings. The summed E-state index contributed by atoms with van der Waals surface area (Å²) in [5.74, 6) is 2.62. The maximum atomic E-state index is 5.21. The van der Waals surface area contributed by atoms with Crippen LogP contribution >= 0.6 is 20.7 Å². The smallest absolute Gasteiger partial charge is 0.217 e. The van der Waals surface area contributed by atoms with Gasteiger partial charge in [0.2, 0.25) is 4.80 Å². The third-order valence-electron chi connectivity index (χ3n) is 2.44. The summed E-state index contributed by atoms with van der Waals surface area (Å²) in [7, 11) is 3.34. The van der Waals surface area contributed by atoms with Crippen LogP contribution < -0.4 is 9.70 Å². The maximum Gasteiger partial charge on any atom is 0.217 e. The Balaban J connectivity index is 2.75. The highest BCUT2D eigenvalue weighted by Crippen LogP contribution is 2.23. The molecule has 1 heterocycles. The lowest BCUT2D eigenvalue weighted by Gasteiger charge is -2.29. The van der Waals surface area contributed by atoms with Crippen LogP contribution in [0.2, 0.25) is 0 Å². The first kappa shape index (κ1) is 15.2. The highest BCUT2D eigenvalue weighted by Gasteiger charge is 2.17. The van der Waals surface area contributed by atoms with E-state index in [0.29, 0.717) is 12.1 Å². The van der Waals surface area contributed by atoms with Crippen LogP contribution in [-0.4, -0.2) is 23.6 Å². The second-order valence-corrected chi connectivity index (χ2v) is 6.69. The Morgan fingerprint density at radius 3 is 2.50 bits per heavy atom. The van der Waals surface area contributed by atoms with Gasteiger partial charge < -0.3 is 4.90 Å². The van der Waals surface area contributed by atoms with Gasteiger partial charge >= 0.3 is 0 Å². The predicted molar refractivity (Wildman–Crippen MR) is 81.2 cm³/mol. The highest BCUT2D eigenvalue weighted by atomic mass is 32.9. The van der Waals surface area contributed by atoms with Crippen LogP contribution in [0.15, 0.2) is 4.99 Å². The van der Waals surface area contributed by atoms with Gasteiger partial charge in [-0.25, -0.2) is 0 Å². The lowest BCUT2D eigenvalue weighted by atomic mass is 10.2. The molecule has 0 saturated heterocycles. The van der Waals surface area contributed by atoms with Crippen molar-refractivity contribution in [1.29, 1.82) is 0 Å². The molecular weight excluding hydrogens is 262 g/mol. The Kier molecular flexibility index (Phi) is 6.37. The van der Waals surface area contributed by atoms with Crippen molar-refractivity contribution in [3.8, 4) is 12.3 Å². The Morgan fingerprint density at radius 2 is 1.94 bits per heavy atom. The number of anilines is 1. The van der Waals surface area contributed by atoms with Crippen molar-refractivity contribution in [2.75, 3.05) is 11.4 Å². The van der Waals surface area contributed by atoms with E-state index in [1.54, 1.807) is 20.7 Å². The molecule has 0 atom stereocenters. The minimum atomic E-state index is 0.456. The van der Waals surface area contributed by atoms with Crippen LogP contribution in [0.1, 0.15) is 40.5 Å². The molecule has 0 aliphatic rings. The van der Waals surface area contributed by atoms with Gasteiger partial charge in [0.05, 0.1) is 0 Å². The molecule has 0 radical (unpaired) electrons. The zero-order valence-corrected chi connectivity index (χ0v) is 13.1. The van der Waals surface area contributed by atoms with Crippen molar-refractivity contribution >= 4 is 25.8 Å². The highest BCUT2D eigenvalue weighted by molar-refractivity contribution is 7.69. The van der Waals surface area contributed by atoms with Crippen molar-refractivity contribution in [3.63, 3.8) is 0 Å². The molecule has 0 aliphatic carbocycles. The van der Waals surface area contributed by atoms with Gasteiger partial charge in [0.1, 0.15) is 0 Å². The molecule has 18 heavy (non-hydrogen) atoms. The number of hydrogen-bond acceptors (Lipinski definition) is 5. The fourth-order valence-corrected chi connectivity index (χ4v) is 3.94. The fraction of sp³-hybridized carbons (Fsp3) is 0.692. The Morgan fingerprint density at radius 1 is 1.28 bits per heavy atom. The van der Waals surface area contributed by atoms with Crippen LogP contribution in [0, 0.1) is 12.3 Å². The molecule has 3 nitrogen and oxygen atoms in total. The van der Waals surface area contributed by atoms with Crippen molar-refractivity contribution in [2.45, 2.75) is 52.6 Å². The SMILES string of the molecule is C#CCCCN=c1nc(N(C(C)C)C(C)C)ss1. The molecule has 0 aliphatic heterocycles. The van der Waals surface area contributed by atoms with E-state index in [1.165, 1.54) is 0 Å². The minimum absolute atomic E-state index is 0.456. The summed E-state index contributed by atoms with van der Waals surface area (Å²) >= 11 is 0. The first-order chi connectivity index (χ1) is 8.56. The molecule has 0 unspecified atom stereocenters. The number of aromatic nitrogens is 1. The standard InChI is InChI=1S/C13H21N3S2/c1-6-7-8-9-14-12-15-13(18-17-12)16(10(2)3)11(4)5/h1,10-11H,7-9H2,2-5H3. The van der Waals surface area contributed by atoms with E-state index in [0.717, 1.165) is 29.3 Å². The molecule has 100 valence electrons. The van der Waals surface area contributed by atoms with E-state index < -0.39 is 0 Å². The largest absolute Gasteiger partial charge is 0.343 e. The third kappa shape index (κ3) is 4.43. The summed E-state index contributed by atoms with van der Waals surface area (Å²) in [5, 5.41) is 1.07. The summed E-state index contributed by atoms with van der Waals surface area (Å²) in [5.41, 5.74) is 0. The quantitative estimate of drug-likeness (QED) is 0.456. The van der Waals surface area contributed by atoms with Crippen LogP contribution in [0.25, 0.3) is 0 Å². The monoisotopic (exact) mass is 283 g/mol. The van der Waals surface area contributed by atoms with Gasteiger partial charge in [-0.05, 0) is 54.8 Å². The maximum absolute atomic E-state index is 5.21. The topological polar surface area (TPSA) is 28.5 Å². The van der Waals surface area contributed by atoms with Crippen LogP contribution in [0.4, 0.5) is 5.13 Å². The summed E-state index contributed by atoms with van der Waals surface area (Å²) in [6, 6.07) is 0.912. The first-order valence-corrected chi connectivity index (χ1v) is 8.40. The molecule has 1 aromatic rings. The van der Waals surface area contributed by atoms with Gasteiger partial charge in [0, 0.05) is 25.0 Å². The average molecular weight is 283 g/mol. The van der Waals surface area contributed by atoms with Gasteiger partial charge in [-0.2, -0.15) is 4.98 Å². The van der Waals surface area contributed by atoms with E-state index in [4.69, 9.17) is 6.42 Å². The number of unbranched alkanes of at least 4 members (excludes halogenated alkanes) is 1. The second kappa shape index (κ2) is 7.55. The van der Waals surface area contributed by atoms with Gasteiger partial charge in [0.15, 0.2) is 5.13 Å². The van der Waals surface area contributed by atoms with Gasteiger partial charge in [-0.3, -0.25) is 4.99 Å². The summed E-state index contributed by atoms with van der Waals surface area (Å²) in [6.07, 6.45) is 6.93. The lowest BCUT2D eigenvalue weighted by Crippen LogP contribution is -2.37. The predicted octanol–water partition coefficient (Wildman–Crippen LogP) is 3.14. The van der Waals surface area contributed by atoms with Gasteiger partial charge in [0.25, 0.3) is 0 Å². The zero-order valence-electron chi connectivity index (χ0n) is 11.5. The molecule has 0 amide bonds. The Hall–Kier alpha value is -0.860. The van der Waals surface area contributed by atoms with Crippen molar-refractivity contribution in [1.82, 2.24) is 4.98 Å². The Labute approximate surface area is 117 Å². The van der Waals surface area contributed by atoms with Gasteiger partial charge in [-0.1, -0.05) is 0 Å². The van der Waals surface area contributed by atoms with Crippen molar-refractivity contribution in [2.24, 2.45) is 4.99 Å². The van der Waals surface area contributed by atoms with Crippen molar-refractivity contribution < 1.29 is 0 Å². The van der Waals surface area contributed by atoms with Crippen LogP contribution in [0.3, 0.4) is 0 Å². The van der Waals surface area contributed by atoms with E-state index in [-0.39, 0.29) is 0 Å². The first-order valence-electron chi connectivity index (χ1n) is 6.25. The molecule has 0 spiro atoms. The summed E-state index contributed by atoms with van der Waals surface area (Å²) in [6.45, 7) is 9.53. The normalized spacial score (nSPS) is 12.2. The molecule has 5 heteroatoms. The molecular formula is C13H21N3S2. The molecule has 0 N–H and O–H groups in total. The molecule has 1 rings (SSSR count). The fourth-order valence-electron chi connectivity index (χ4n) is 1.75. The molecule has 1 aromatic heterocycles. The van der Waals surface area contributed by atoms with E-state index >= 15 is 0 Å². The summed E-state index contributed by atoms with van der Waals surface area (Å²) < 4.78 is 0. The van der Waals surface area contributed by atoms with Gasteiger partial charge in [-0.15, -0.1) is 12.3 Å². The van der Waals surface area contributed by atoms with Crippen LogP contribution in [0.5, 0.6) is 0 Å². The summed E-state index contributed by atoms with van der Waals surface area (Å²) in [4.78, 5) is 12.3. The number of nitrogens with zero attached hydrogens (tertiary/aromatic N) is 3. The number of rotatable bonds is 6. The second-order valence-electron chi connectivity index (χ2n) is 4.63. The van der Waals surface area contributed by atoms with Crippen LogP contribution in [-0.2, 0) is 0 Å². The third-order valence-corrected chi connectivity index (χ3v) is 4.49. The van der Waals surface area contributed by atoms with E-state index in [9.17, 15) is 0 Å². The van der Waals surface area contributed by atoms with Crippen molar-refractivity contribution in [3.05, 3.63) is 4.80 Å². The van der Waals surface area contributed by atoms with E-state index in [2.05, 4.69) is 48.5 Å². The molecule has 0 bridgehead atoms. The average Bonchev–Trinajstić information content (AvgIpc) is 2.72.